The molecule has 1 aliphatic rings. The molecule has 1 aromatic rings. The van der Waals surface area contributed by atoms with Crippen LogP contribution in [0.25, 0.3) is 0 Å². The molecule has 1 aromatic carbocycles. The van der Waals surface area contributed by atoms with Crippen LogP contribution in [0.15, 0.2) is 23.1 Å². The van der Waals surface area contributed by atoms with Crippen LogP contribution in [0.2, 0.25) is 0 Å². The van der Waals surface area contributed by atoms with Crippen molar-refractivity contribution in [3.8, 4) is 0 Å². The van der Waals surface area contributed by atoms with Crippen LogP contribution in [0.1, 0.15) is 18.4 Å². The van der Waals surface area contributed by atoms with E-state index in [0.29, 0.717) is 11.8 Å². The minimum Gasteiger partial charge on any atom is -0.381 e. The number of hydrogen-bond acceptors (Lipinski definition) is 3. The van der Waals surface area contributed by atoms with Crippen molar-refractivity contribution in [2.45, 2.75) is 29.5 Å². The fraction of sp³-hybridized carbons (Fsp3) is 0.500. The molecule has 16 heavy (non-hydrogen) atoms. The predicted molar refractivity (Wildman–Crippen MR) is 64.0 cm³/mol. The van der Waals surface area contributed by atoms with Crippen LogP contribution < -0.4 is 5.73 Å². The normalized spacial score (nSPS) is 17.6. The molecule has 0 spiro atoms. The number of thioether (sulfide) groups is 1. The van der Waals surface area contributed by atoms with Gasteiger partial charge in [0.15, 0.2) is 0 Å². The Morgan fingerprint density at radius 2 is 2.12 bits per heavy atom. The Hall–Kier alpha value is -0.580. The maximum Gasteiger partial charge on any atom is 0.137 e. The van der Waals surface area contributed by atoms with Gasteiger partial charge in [-0.15, -0.1) is 11.8 Å². The highest BCUT2D eigenvalue weighted by atomic mass is 32.2. The molecule has 1 saturated heterocycles. The monoisotopic (exact) mass is 241 g/mol. The van der Waals surface area contributed by atoms with Crippen molar-refractivity contribution in [1.82, 2.24) is 0 Å². The second kappa shape index (κ2) is 5.66. The number of benzene rings is 1. The van der Waals surface area contributed by atoms with Gasteiger partial charge in [-0.1, -0.05) is 12.1 Å². The smallest absolute Gasteiger partial charge is 0.137 e. The molecule has 0 atom stereocenters. The summed E-state index contributed by atoms with van der Waals surface area (Å²) in [6.07, 6.45) is 1.98. The van der Waals surface area contributed by atoms with E-state index in [4.69, 9.17) is 10.5 Å². The van der Waals surface area contributed by atoms with Crippen molar-refractivity contribution in [1.29, 1.82) is 0 Å². The first kappa shape index (κ1) is 11.9. The molecule has 0 aliphatic carbocycles. The summed E-state index contributed by atoms with van der Waals surface area (Å²) in [6.45, 7) is 1.96. The zero-order valence-corrected chi connectivity index (χ0v) is 9.93. The SMILES string of the molecule is NCc1cccc(F)c1SC1CCOCC1. The van der Waals surface area contributed by atoms with Gasteiger partial charge in [-0.2, -0.15) is 0 Å². The van der Waals surface area contributed by atoms with Crippen molar-refractivity contribution >= 4 is 11.8 Å². The Labute approximate surface area is 99.4 Å². The molecule has 0 radical (unpaired) electrons. The van der Waals surface area contributed by atoms with Gasteiger partial charge in [0.05, 0.1) is 0 Å². The first-order chi connectivity index (χ1) is 7.81. The number of nitrogens with two attached hydrogens (primary N) is 1. The van der Waals surface area contributed by atoms with Crippen LogP contribution in [-0.2, 0) is 11.3 Å². The third-order valence-electron chi connectivity index (χ3n) is 2.72. The summed E-state index contributed by atoms with van der Waals surface area (Å²) in [5, 5.41) is 0.455. The molecule has 0 aromatic heterocycles. The van der Waals surface area contributed by atoms with Crippen LogP contribution in [0.4, 0.5) is 4.39 Å². The summed E-state index contributed by atoms with van der Waals surface area (Å²) < 4.78 is 19.0. The second-order valence-electron chi connectivity index (χ2n) is 3.86. The molecular formula is C12H16FNOS. The quantitative estimate of drug-likeness (QED) is 0.883. The number of halogens is 1. The summed E-state index contributed by atoms with van der Waals surface area (Å²) in [6, 6.07) is 5.11. The zero-order chi connectivity index (χ0) is 11.4. The molecule has 4 heteroatoms. The van der Waals surface area contributed by atoms with Gasteiger partial charge < -0.3 is 10.5 Å². The van der Waals surface area contributed by atoms with E-state index in [0.717, 1.165) is 36.5 Å². The van der Waals surface area contributed by atoms with Gasteiger partial charge in [0.1, 0.15) is 5.82 Å². The predicted octanol–water partition coefficient (Wildman–Crippen LogP) is 2.56. The van der Waals surface area contributed by atoms with Crippen molar-refractivity contribution < 1.29 is 9.13 Å². The van der Waals surface area contributed by atoms with E-state index in [1.165, 1.54) is 6.07 Å². The number of ether oxygens (including phenoxy) is 1. The van der Waals surface area contributed by atoms with E-state index in [9.17, 15) is 4.39 Å². The molecule has 0 unspecified atom stereocenters. The van der Waals surface area contributed by atoms with Gasteiger partial charge >= 0.3 is 0 Å². The van der Waals surface area contributed by atoms with Gasteiger partial charge in [0, 0.05) is 29.9 Å². The topological polar surface area (TPSA) is 35.2 Å². The lowest BCUT2D eigenvalue weighted by atomic mass is 10.2. The molecule has 88 valence electrons. The van der Waals surface area contributed by atoms with Crippen molar-refractivity contribution in [2.75, 3.05) is 13.2 Å². The molecule has 0 amide bonds. The van der Waals surface area contributed by atoms with Crippen molar-refractivity contribution in [2.24, 2.45) is 5.73 Å². The van der Waals surface area contributed by atoms with Gasteiger partial charge in [-0.05, 0) is 24.5 Å². The average Bonchev–Trinajstić information content (AvgIpc) is 2.33. The maximum atomic E-state index is 13.7. The fourth-order valence-electron chi connectivity index (χ4n) is 1.81. The molecule has 1 heterocycles. The van der Waals surface area contributed by atoms with E-state index in [-0.39, 0.29) is 5.82 Å². The molecule has 2 nitrogen and oxygen atoms in total. The van der Waals surface area contributed by atoms with E-state index < -0.39 is 0 Å². The lowest BCUT2D eigenvalue weighted by Gasteiger charge is -2.22. The van der Waals surface area contributed by atoms with E-state index in [2.05, 4.69) is 0 Å². The Morgan fingerprint density at radius 3 is 2.81 bits per heavy atom. The van der Waals surface area contributed by atoms with Gasteiger partial charge in [-0.25, -0.2) is 4.39 Å². The maximum absolute atomic E-state index is 13.7. The molecule has 2 N–H and O–H groups in total. The molecule has 0 bridgehead atoms. The first-order valence-electron chi connectivity index (χ1n) is 5.53. The minimum atomic E-state index is -0.153. The summed E-state index contributed by atoms with van der Waals surface area (Å²) in [4.78, 5) is 0.719. The molecule has 0 saturated carbocycles. The molecular weight excluding hydrogens is 225 g/mol. The summed E-state index contributed by atoms with van der Waals surface area (Å²) in [5.74, 6) is -0.153. The Balaban J connectivity index is 2.12. The van der Waals surface area contributed by atoms with Crippen LogP contribution >= 0.6 is 11.8 Å². The third-order valence-corrected chi connectivity index (χ3v) is 4.22. The van der Waals surface area contributed by atoms with E-state index in [1.54, 1.807) is 17.8 Å². The summed E-state index contributed by atoms with van der Waals surface area (Å²) in [7, 11) is 0. The van der Waals surface area contributed by atoms with Gasteiger partial charge in [0.2, 0.25) is 0 Å². The fourth-order valence-corrected chi connectivity index (χ4v) is 3.05. The van der Waals surface area contributed by atoms with Crippen LogP contribution in [0, 0.1) is 5.82 Å². The van der Waals surface area contributed by atoms with E-state index in [1.807, 2.05) is 6.07 Å². The average molecular weight is 241 g/mol. The number of rotatable bonds is 3. The minimum absolute atomic E-state index is 0.153. The largest absolute Gasteiger partial charge is 0.381 e. The van der Waals surface area contributed by atoms with Crippen LogP contribution in [-0.4, -0.2) is 18.5 Å². The molecule has 2 rings (SSSR count). The Bertz CT molecular complexity index is 353. The highest BCUT2D eigenvalue weighted by Gasteiger charge is 2.18. The molecule has 1 aliphatic heterocycles. The second-order valence-corrected chi connectivity index (χ2v) is 5.17. The summed E-state index contributed by atoms with van der Waals surface area (Å²) >= 11 is 1.61. The van der Waals surface area contributed by atoms with Crippen molar-refractivity contribution in [3.63, 3.8) is 0 Å². The van der Waals surface area contributed by atoms with Crippen LogP contribution in [0.5, 0.6) is 0 Å². The lowest BCUT2D eigenvalue weighted by molar-refractivity contribution is 0.1000. The number of hydrogen-bond donors (Lipinski definition) is 1. The van der Waals surface area contributed by atoms with Crippen molar-refractivity contribution in [3.05, 3.63) is 29.6 Å². The van der Waals surface area contributed by atoms with Gasteiger partial charge in [0.25, 0.3) is 0 Å². The Morgan fingerprint density at radius 1 is 1.38 bits per heavy atom. The van der Waals surface area contributed by atoms with Gasteiger partial charge in [-0.3, -0.25) is 0 Å². The first-order valence-corrected chi connectivity index (χ1v) is 6.41. The zero-order valence-electron chi connectivity index (χ0n) is 9.12. The van der Waals surface area contributed by atoms with Crippen LogP contribution in [0.3, 0.4) is 0 Å². The highest BCUT2D eigenvalue weighted by molar-refractivity contribution is 8.00. The molecule has 1 fully saturated rings. The Kier molecular flexibility index (Phi) is 4.21. The standard InChI is InChI=1S/C12H16FNOS/c13-11-3-1-2-9(8-14)12(11)16-10-4-6-15-7-5-10/h1-3,10H,4-8,14H2. The highest BCUT2D eigenvalue weighted by Crippen LogP contribution is 2.33. The lowest BCUT2D eigenvalue weighted by Crippen LogP contribution is -2.18. The van der Waals surface area contributed by atoms with E-state index >= 15 is 0 Å². The third kappa shape index (κ3) is 2.75. The summed E-state index contributed by atoms with van der Waals surface area (Å²) in [5.41, 5.74) is 6.52.